The summed E-state index contributed by atoms with van der Waals surface area (Å²) in [4.78, 5) is 29.8. The average Bonchev–Trinajstić information content (AvgIpc) is 2.75. The maximum absolute atomic E-state index is 11.6. The van der Waals surface area contributed by atoms with Crippen molar-refractivity contribution in [2.75, 3.05) is 20.1 Å². The number of carbonyl (C=O) groups excluding carboxylic acids is 1. The van der Waals surface area contributed by atoms with E-state index in [0.717, 1.165) is 23.0 Å². The lowest BCUT2D eigenvalue weighted by Crippen LogP contribution is -2.30. The first-order valence-corrected chi connectivity index (χ1v) is 6.25. The Hall–Kier alpha value is -2.08. The third kappa shape index (κ3) is 3.23. The third-order valence-corrected chi connectivity index (χ3v) is 3.10. The van der Waals surface area contributed by atoms with Crippen molar-refractivity contribution >= 4 is 16.9 Å². The summed E-state index contributed by atoms with van der Waals surface area (Å²) in [6, 6.07) is 5.74. The fourth-order valence-corrected chi connectivity index (χ4v) is 1.97. The normalized spacial score (nSPS) is 10.8. The Labute approximate surface area is 110 Å². The van der Waals surface area contributed by atoms with Gasteiger partial charge in [0.1, 0.15) is 0 Å². The molecule has 1 amide bonds. The van der Waals surface area contributed by atoms with Crippen LogP contribution in [0.4, 0.5) is 0 Å². The molecule has 0 spiro atoms. The van der Waals surface area contributed by atoms with Crippen LogP contribution in [-0.4, -0.2) is 40.9 Å². The SMILES string of the molecule is CN(CCc1ccc2[nH]c(=O)[nH]c2c1)C(=O)CCN. The number of rotatable bonds is 5. The largest absolute Gasteiger partial charge is 0.345 e. The molecule has 0 saturated carbocycles. The molecule has 0 unspecified atom stereocenters. The minimum Gasteiger partial charge on any atom is -0.345 e. The minimum atomic E-state index is -0.206. The Morgan fingerprint density at radius 3 is 2.79 bits per heavy atom. The lowest BCUT2D eigenvalue weighted by Gasteiger charge is -2.16. The van der Waals surface area contributed by atoms with Crippen molar-refractivity contribution in [3.05, 3.63) is 34.2 Å². The maximum Gasteiger partial charge on any atom is 0.323 e. The van der Waals surface area contributed by atoms with Gasteiger partial charge in [0.2, 0.25) is 5.91 Å². The van der Waals surface area contributed by atoms with Gasteiger partial charge in [0, 0.05) is 26.6 Å². The molecule has 0 aliphatic carbocycles. The highest BCUT2D eigenvalue weighted by Crippen LogP contribution is 2.11. The first-order valence-electron chi connectivity index (χ1n) is 6.25. The third-order valence-electron chi connectivity index (χ3n) is 3.10. The number of nitrogens with zero attached hydrogens (tertiary/aromatic N) is 1. The Bertz CT molecular complexity index is 629. The van der Waals surface area contributed by atoms with E-state index in [-0.39, 0.29) is 11.6 Å². The van der Waals surface area contributed by atoms with Crippen molar-refractivity contribution in [3.8, 4) is 0 Å². The number of carbonyl (C=O) groups is 1. The smallest absolute Gasteiger partial charge is 0.323 e. The van der Waals surface area contributed by atoms with Crippen LogP contribution in [0.5, 0.6) is 0 Å². The number of hydrogen-bond acceptors (Lipinski definition) is 3. The number of H-pyrrole nitrogens is 2. The van der Waals surface area contributed by atoms with Crippen LogP contribution in [-0.2, 0) is 11.2 Å². The van der Waals surface area contributed by atoms with Crippen molar-refractivity contribution in [3.63, 3.8) is 0 Å². The van der Waals surface area contributed by atoms with Gasteiger partial charge in [-0.1, -0.05) is 6.07 Å². The van der Waals surface area contributed by atoms with Crippen LogP contribution in [0.25, 0.3) is 11.0 Å². The summed E-state index contributed by atoms with van der Waals surface area (Å²) < 4.78 is 0. The molecule has 2 rings (SSSR count). The van der Waals surface area contributed by atoms with Crippen LogP contribution in [0, 0.1) is 0 Å². The van der Waals surface area contributed by atoms with Crippen molar-refractivity contribution in [2.24, 2.45) is 5.73 Å². The molecule has 1 heterocycles. The second kappa shape index (κ2) is 5.71. The number of aromatic nitrogens is 2. The summed E-state index contributed by atoms with van der Waals surface area (Å²) in [5, 5.41) is 0. The predicted molar refractivity (Wildman–Crippen MR) is 73.9 cm³/mol. The fourth-order valence-electron chi connectivity index (χ4n) is 1.97. The molecule has 6 nitrogen and oxygen atoms in total. The van der Waals surface area contributed by atoms with Crippen LogP contribution in [0.15, 0.2) is 23.0 Å². The van der Waals surface area contributed by atoms with Crippen LogP contribution in [0.3, 0.4) is 0 Å². The van der Waals surface area contributed by atoms with Gasteiger partial charge in [0.25, 0.3) is 0 Å². The van der Waals surface area contributed by atoms with Crippen LogP contribution >= 0.6 is 0 Å². The van der Waals surface area contributed by atoms with Gasteiger partial charge >= 0.3 is 5.69 Å². The van der Waals surface area contributed by atoms with E-state index >= 15 is 0 Å². The summed E-state index contributed by atoms with van der Waals surface area (Å²) in [5.41, 5.74) is 7.81. The number of imidazole rings is 1. The van der Waals surface area contributed by atoms with Crippen LogP contribution in [0.1, 0.15) is 12.0 Å². The van der Waals surface area contributed by atoms with Gasteiger partial charge in [-0.25, -0.2) is 4.79 Å². The number of fused-ring (bicyclic) bond motifs is 1. The van der Waals surface area contributed by atoms with Crippen molar-refractivity contribution < 1.29 is 4.79 Å². The molecule has 1 aromatic carbocycles. The zero-order chi connectivity index (χ0) is 13.8. The van der Waals surface area contributed by atoms with Gasteiger partial charge in [-0.3, -0.25) is 4.79 Å². The van der Waals surface area contributed by atoms with Gasteiger partial charge < -0.3 is 20.6 Å². The standard InChI is InChI=1S/C13H18N4O2/c1-17(12(18)4-6-14)7-5-9-2-3-10-11(8-9)16-13(19)15-10/h2-3,8H,4-7,14H2,1H3,(H2,15,16,19). The number of amides is 1. The van der Waals surface area contributed by atoms with Crippen molar-refractivity contribution in [2.45, 2.75) is 12.8 Å². The molecular weight excluding hydrogens is 244 g/mol. The zero-order valence-electron chi connectivity index (χ0n) is 10.9. The topological polar surface area (TPSA) is 95.0 Å². The summed E-state index contributed by atoms with van der Waals surface area (Å²) in [5.74, 6) is 0.0543. The lowest BCUT2D eigenvalue weighted by atomic mass is 10.1. The highest BCUT2D eigenvalue weighted by atomic mass is 16.2. The second-order valence-corrected chi connectivity index (χ2v) is 4.56. The minimum absolute atomic E-state index is 0.0543. The van der Waals surface area contributed by atoms with Gasteiger partial charge in [-0.05, 0) is 24.1 Å². The molecule has 0 atom stereocenters. The Kier molecular flexibility index (Phi) is 4.01. The first-order chi connectivity index (χ1) is 9.10. The van der Waals surface area contributed by atoms with E-state index in [2.05, 4.69) is 9.97 Å². The van der Waals surface area contributed by atoms with Crippen molar-refractivity contribution in [1.29, 1.82) is 0 Å². The molecule has 4 N–H and O–H groups in total. The Balaban J connectivity index is 2.01. The van der Waals surface area contributed by atoms with E-state index in [4.69, 9.17) is 5.73 Å². The molecule has 0 radical (unpaired) electrons. The fraction of sp³-hybridized carbons (Fsp3) is 0.385. The number of benzene rings is 1. The molecule has 19 heavy (non-hydrogen) atoms. The molecule has 0 saturated heterocycles. The predicted octanol–water partition coefficient (Wildman–Crippen LogP) is 0.206. The second-order valence-electron chi connectivity index (χ2n) is 4.56. The summed E-state index contributed by atoms with van der Waals surface area (Å²) >= 11 is 0. The van der Waals surface area contributed by atoms with Crippen molar-refractivity contribution in [1.82, 2.24) is 14.9 Å². The van der Waals surface area contributed by atoms with Crippen LogP contribution < -0.4 is 11.4 Å². The highest BCUT2D eigenvalue weighted by molar-refractivity contribution is 5.76. The quantitative estimate of drug-likeness (QED) is 0.718. The molecule has 6 heteroatoms. The van der Waals surface area contributed by atoms with E-state index in [1.54, 1.807) is 11.9 Å². The Morgan fingerprint density at radius 2 is 2.05 bits per heavy atom. The van der Waals surface area contributed by atoms with E-state index < -0.39 is 0 Å². The maximum atomic E-state index is 11.6. The molecule has 0 aliphatic rings. The summed E-state index contributed by atoms with van der Waals surface area (Å²) in [7, 11) is 1.77. The molecule has 2 aromatic rings. The Morgan fingerprint density at radius 1 is 1.32 bits per heavy atom. The highest BCUT2D eigenvalue weighted by Gasteiger charge is 2.07. The number of aromatic amines is 2. The van der Waals surface area contributed by atoms with Crippen LogP contribution in [0.2, 0.25) is 0 Å². The molecule has 1 aromatic heterocycles. The van der Waals surface area contributed by atoms with E-state index in [1.165, 1.54) is 0 Å². The van der Waals surface area contributed by atoms with E-state index in [0.29, 0.717) is 19.5 Å². The number of nitrogens with two attached hydrogens (primary N) is 1. The van der Waals surface area contributed by atoms with Gasteiger partial charge in [0.05, 0.1) is 11.0 Å². The molecular formula is C13H18N4O2. The molecule has 0 aliphatic heterocycles. The van der Waals surface area contributed by atoms with E-state index in [9.17, 15) is 9.59 Å². The molecule has 0 fully saturated rings. The summed E-state index contributed by atoms with van der Waals surface area (Å²) in [6.07, 6.45) is 1.12. The van der Waals surface area contributed by atoms with E-state index in [1.807, 2.05) is 18.2 Å². The molecule has 0 bridgehead atoms. The molecule has 102 valence electrons. The number of nitrogens with one attached hydrogen (secondary N) is 2. The first kappa shape index (κ1) is 13.4. The average molecular weight is 262 g/mol. The number of hydrogen-bond donors (Lipinski definition) is 3. The number of likely N-dealkylation sites (N-methyl/N-ethyl adjacent to an activating group) is 1. The monoisotopic (exact) mass is 262 g/mol. The summed E-state index contributed by atoms with van der Waals surface area (Å²) in [6.45, 7) is 1.01. The van der Waals surface area contributed by atoms with Gasteiger partial charge in [-0.2, -0.15) is 0 Å². The van der Waals surface area contributed by atoms with Gasteiger partial charge in [0.15, 0.2) is 0 Å². The van der Waals surface area contributed by atoms with Gasteiger partial charge in [-0.15, -0.1) is 0 Å². The lowest BCUT2D eigenvalue weighted by molar-refractivity contribution is -0.129. The zero-order valence-corrected chi connectivity index (χ0v) is 10.9.